The molecule has 0 aliphatic carbocycles. The fourth-order valence-corrected chi connectivity index (χ4v) is 4.29. The Morgan fingerprint density at radius 1 is 0.818 bits per heavy atom. The highest BCUT2D eigenvalue weighted by atomic mass is 35.5. The summed E-state index contributed by atoms with van der Waals surface area (Å²) < 4.78 is 45.4. The van der Waals surface area contributed by atoms with Gasteiger partial charge in [0, 0.05) is 26.4 Å². The second-order valence-corrected chi connectivity index (χ2v) is 8.65. The molecule has 0 fully saturated rings. The molecule has 0 saturated carbocycles. The van der Waals surface area contributed by atoms with Gasteiger partial charge < -0.3 is 4.42 Å². The lowest BCUT2D eigenvalue weighted by Crippen LogP contribution is -1.91. The largest absolute Gasteiger partial charge is 0.429 e. The highest BCUT2D eigenvalue weighted by Gasteiger charge is 2.19. The molecule has 164 valence electrons. The Hall–Kier alpha value is -3.29. The third-order valence-corrected chi connectivity index (χ3v) is 6.14. The molecular formula is C25H14ClF3N2OS. The third-order valence-electron chi connectivity index (χ3n) is 4.92. The van der Waals surface area contributed by atoms with Crippen molar-refractivity contribution in [1.82, 2.24) is 9.97 Å². The highest BCUT2D eigenvalue weighted by Crippen LogP contribution is 2.40. The van der Waals surface area contributed by atoms with E-state index in [1.165, 1.54) is 30.0 Å². The molecule has 0 unspecified atom stereocenters. The van der Waals surface area contributed by atoms with Crippen molar-refractivity contribution in [3.63, 3.8) is 0 Å². The maximum atomic E-state index is 13.4. The number of rotatable bonds is 5. The molecule has 5 aromatic rings. The van der Waals surface area contributed by atoms with Gasteiger partial charge in [0.05, 0.1) is 5.52 Å². The van der Waals surface area contributed by atoms with Crippen molar-refractivity contribution in [1.29, 1.82) is 0 Å². The average Bonchev–Trinajstić information content (AvgIpc) is 3.24. The predicted molar refractivity (Wildman–Crippen MR) is 123 cm³/mol. The van der Waals surface area contributed by atoms with E-state index in [9.17, 15) is 13.2 Å². The number of benzene rings is 3. The van der Waals surface area contributed by atoms with Crippen molar-refractivity contribution in [2.24, 2.45) is 0 Å². The fraction of sp³-hybridized carbons (Fsp3) is 0.0400. The van der Waals surface area contributed by atoms with Crippen LogP contribution >= 0.6 is 23.4 Å². The second kappa shape index (κ2) is 8.92. The van der Waals surface area contributed by atoms with Crippen LogP contribution in [-0.2, 0) is 0 Å². The van der Waals surface area contributed by atoms with E-state index in [4.69, 9.17) is 16.0 Å². The Balaban J connectivity index is 1.60. The second-order valence-electron chi connectivity index (χ2n) is 7.16. The first-order valence-electron chi connectivity index (χ1n) is 9.86. The number of nitrogens with zero attached hydrogens (tertiary/aromatic N) is 2. The standard InChI is InChI=1S/C25H14ClF3N2OS/c26-17-5-9-19(10-6-17)33-25-22(31-24(32-25)14-1-7-18(27)8-2-14)16-4-11-20-15(13-16)3-12-21(30-20)23(28)29/h1-13,23H. The summed E-state index contributed by atoms with van der Waals surface area (Å²) in [6.07, 6.45) is -2.63. The van der Waals surface area contributed by atoms with Gasteiger partial charge in [0.25, 0.3) is 6.43 Å². The summed E-state index contributed by atoms with van der Waals surface area (Å²) in [6, 6.07) is 21.4. The summed E-state index contributed by atoms with van der Waals surface area (Å²) >= 11 is 7.37. The lowest BCUT2D eigenvalue weighted by Gasteiger charge is -2.05. The number of alkyl halides is 2. The molecule has 3 nitrogen and oxygen atoms in total. The van der Waals surface area contributed by atoms with E-state index in [2.05, 4.69) is 9.97 Å². The first-order chi connectivity index (χ1) is 16.0. The molecule has 3 aromatic carbocycles. The van der Waals surface area contributed by atoms with E-state index in [0.717, 1.165) is 10.5 Å². The predicted octanol–water partition coefficient (Wildman–Crippen LogP) is 8.44. The van der Waals surface area contributed by atoms with E-state index >= 15 is 0 Å². The van der Waals surface area contributed by atoms with Crippen molar-refractivity contribution in [3.05, 3.63) is 95.4 Å². The lowest BCUT2D eigenvalue weighted by molar-refractivity contribution is 0.146. The Bertz CT molecular complexity index is 1440. The highest BCUT2D eigenvalue weighted by molar-refractivity contribution is 7.99. The zero-order valence-corrected chi connectivity index (χ0v) is 18.4. The van der Waals surface area contributed by atoms with Crippen LogP contribution in [0, 0.1) is 5.82 Å². The van der Waals surface area contributed by atoms with Gasteiger partial charge in [-0.15, -0.1) is 0 Å². The molecule has 0 radical (unpaired) electrons. The van der Waals surface area contributed by atoms with Crippen molar-refractivity contribution in [2.75, 3.05) is 0 Å². The monoisotopic (exact) mass is 482 g/mol. The fourth-order valence-electron chi connectivity index (χ4n) is 3.29. The minimum absolute atomic E-state index is 0.269. The van der Waals surface area contributed by atoms with Gasteiger partial charge in [-0.25, -0.2) is 23.1 Å². The molecule has 0 atom stereocenters. The van der Waals surface area contributed by atoms with Gasteiger partial charge in [-0.1, -0.05) is 23.7 Å². The maximum absolute atomic E-state index is 13.4. The molecule has 0 saturated heterocycles. The molecule has 0 aliphatic heterocycles. The molecule has 2 heterocycles. The smallest absolute Gasteiger partial charge is 0.280 e. The summed E-state index contributed by atoms with van der Waals surface area (Å²) in [7, 11) is 0. The number of hydrogen-bond donors (Lipinski definition) is 0. The lowest BCUT2D eigenvalue weighted by atomic mass is 10.1. The number of hydrogen-bond acceptors (Lipinski definition) is 4. The minimum Gasteiger partial charge on any atom is -0.429 e. The van der Waals surface area contributed by atoms with E-state index in [-0.39, 0.29) is 11.5 Å². The Kier molecular flexibility index (Phi) is 5.83. The normalized spacial score (nSPS) is 11.4. The van der Waals surface area contributed by atoms with Gasteiger partial charge in [0.15, 0.2) is 5.09 Å². The minimum atomic E-state index is -2.63. The third kappa shape index (κ3) is 4.60. The number of halogens is 4. The van der Waals surface area contributed by atoms with Gasteiger partial charge >= 0.3 is 0 Å². The van der Waals surface area contributed by atoms with Crippen LogP contribution < -0.4 is 0 Å². The zero-order chi connectivity index (χ0) is 22.9. The van der Waals surface area contributed by atoms with E-state index in [1.807, 2.05) is 18.2 Å². The van der Waals surface area contributed by atoms with Crippen LogP contribution in [-0.4, -0.2) is 9.97 Å². The molecule has 2 aromatic heterocycles. The Morgan fingerprint density at radius 2 is 1.55 bits per heavy atom. The molecule has 0 N–H and O–H groups in total. The first-order valence-corrected chi connectivity index (χ1v) is 11.0. The summed E-state index contributed by atoms with van der Waals surface area (Å²) in [5, 5.41) is 1.85. The van der Waals surface area contributed by atoms with Crippen LogP contribution in [0.2, 0.25) is 5.02 Å². The molecule has 5 rings (SSSR count). The van der Waals surface area contributed by atoms with Crippen LogP contribution in [0.15, 0.2) is 93.3 Å². The average molecular weight is 483 g/mol. The number of pyridine rings is 1. The van der Waals surface area contributed by atoms with E-state index in [0.29, 0.717) is 38.2 Å². The molecule has 8 heteroatoms. The molecular weight excluding hydrogens is 469 g/mol. The van der Waals surface area contributed by atoms with Crippen molar-refractivity contribution in [3.8, 4) is 22.7 Å². The van der Waals surface area contributed by atoms with Gasteiger partial charge in [-0.3, -0.25) is 0 Å². The van der Waals surface area contributed by atoms with Crippen LogP contribution in [0.4, 0.5) is 13.2 Å². The van der Waals surface area contributed by atoms with Gasteiger partial charge in [0.1, 0.15) is 17.2 Å². The summed E-state index contributed by atoms with van der Waals surface area (Å²) in [5.74, 6) is -0.0146. The SMILES string of the molecule is Fc1ccc(-c2nc(-c3ccc4nc(C(F)F)ccc4c3)c(Sc3ccc(Cl)cc3)o2)cc1. The van der Waals surface area contributed by atoms with Crippen LogP contribution in [0.25, 0.3) is 33.6 Å². The quantitative estimate of drug-likeness (QED) is 0.252. The Labute approximate surface area is 196 Å². The molecule has 0 aliphatic rings. The van der Waals surface area contributed by atoms with Gasteiger partial charge in [-0.2, -0.15) is 0 Å². The van der Waals surface area contributed by atoms with E-state index in [1.54, 1.807) is 42.5 Å². The van der Waals surface area contributed by atoms with Crippen molar-refractivity contribution < 1.29 is 17.6 Å². The van der Waals surface area contributed by atoms with Crippen LogP contribution in [0.1, 0.15) is 12.1 Å². The summed E-state index contributed by atoms with van der Waals surface area (Å²) in [5.41, 5.74) is 2.14. The molecule has 0 amide bonds. The Morgan fingerprint density at radius 3 is 2.27 bits per heavy atom. The topological polar surface area (TPSA) is 38.9 Å². The molecule has 0 bridgehead atoms. The molecule has 33 heavy (non-hydrogen) atoms. The first kappa shape index (κ1) is 21.6. The summed E-state index contributed by atoms with van der Waals surface area (Å²) in [4.78, 5) is 9.59. The number of fused-ring (bicyclic) bond motifs is 1. The maximum Gasteiger partial charge on any atom is 0.280 e. The van der Waals surface area contributed by atoms with Gasteiger partial charge in [-0.05, 0) is 78.5 Å². The number of oxazole rings is 1. The zero-order valence-electron chi connectivity index (χ0n) is 16.8. The summed E-state index contributed by atoms with van der Waals surface area (Å²) in [6.45, 7) is 0. The van der Waals surface area contributed by atoms with E-state index < -0.39 is 6.43 Å². The molecule has 0 spiro atoms. The number of aromatic nitrogens is 2. The van der Waals surface area contributed by atoms with Crippen LogP contribution in [0.5, 0.6) is 0 Å². The van der Waals surface area contributed by atoms with Gasteiger partial charge in [0.2, 0.25) is 5.89 Å². The van der Waals surface area contributed by atoms with Crippen molar-refractivity contribution in [2.45, 2.75) is 16.4 Å². The van der Waals surface area contributed by atoms with Crippen molar-refractivity contribution >= 4 is 34.3 Å². The van der Waals surface area contributed by atoms with Crippen LogP contribution in [0.3, 0.4) is 0 Å².